The summed E-state index contributed by atoms with van der Waals surface area (Å²) in [4.78, 5) is 5.24. The predicted octanol–water partition coefficient (Wildman–Crippen LogP) is 11.0. The highest BCUT2D eigenvalue weighted by Crippen LogP contribution is 2.51. The molecule has 7 aromatic carbocycles. The molecule has 44 heavy (non-hydrogen) atoms. The topological polar surface area (TPSA) is 17.8 Å². The molecule has 8 aromatic rings. The molecule has 0 N–H and O–H groups in total. The van der Waals surface area contributed by atoms with Crippen LogP contribution < -0.4 is 0 Å². The van der Waals surface area contributed by atoms with Crippen molar-refractivity contribution >= 4 is 32.6 Å². The molecule has 1 aliphatic rings. The summed E-state index contributed by atoms with van der Waals surface area (Å²) in [5.41, 5.74) is 5.23. The molecule has 0 aliphatic heterocycles. The molecular weight excluding hydrogens is 532 g/mol. The molecule has 208 valence electrons. The van der Waals surface area contributed by atoms with Crippen LogP contribution in [0.1, 0.15) is 33.1 Å². The number of fused-ring (bicyclic) bond motifs is 6. The maximum Gasteiger partial charge on any atom is 0.146 e. The zero-order valence-electron chi connectivity index (χ0n) is 29.8. The number of hydrogen-bond donors (Lipinski definition) is 0. The Hall–Kier alpha value is -5.47. The Labute approximate surface area is 265 Å². The summed E-state index contributed by atoms with van der Waals surface area (Å²) < 4.78 is 54.7. The molecule has 0 amide bonds. The second-order valence-electron chi connectivity index (χ2n) is 11.5. The fourth-order valence-corrected chi connectivity index (χ4v) is 7.15. The fraction of sp³-hybridized carbons (Fsp3) is 0.0714. The average Bonchev–Trinajstić information content (AvgIpc) is 3.64. The van der Waals surface area contributed by atoms with E-state index in [1.807, 2.05) is 91.0 Å². The Bertz CT molecular complexity index is 2560. The van der Waals surface area contributed by atoms with Crippen LogP contribution in [0.2, 0.25) is 0 Å². The third-order valence-corrected chi connectivity index (χ3v) is 9.06. The molecule has 0 saturated carbocycles. The van der Waals surface area contributed by atoms with Crippen molar-refractivity contribution in [3.05, 3.63) is 157 Å². The van der Waals surface area contributed by atoms with Gasteiger partial charge < -0.3 is 0 Å². The Morgan fingerprint density at radius 3 is 1.86 bits per heavy atom. The van der Waals surface area contributed by atoms with Gasteiger partial charge in [0, 0.05) is 24.9 Å². The normalized spacial score (nSPS) is 16.0. The molecule has 1 heterocycles. The lowest BCUT2D eigenvalue weighted by molar-refractivity contribution is 0.660. The highest BCUT2D eigenvalue weighted by atomic mass is 15.1. The van der Waals surface area contributed by atoms with Crippen molar-refractivity contribution in [2.24, 2.45) is 0 Å². The van der Waals surface area contributed by atoms with Gasteiger partial charge in [0.2, 0.25) is 0 Å². The molecule has 2 nitrogen and oxygen atoms in total. The minimum Gasteiger partial charge on any atom is -0.292 e. The number of para-hydroxylation sites is 3. The van der Waals surface area contributed by atoms with Crippen molar-refractivity contribution in [1.82, 2.24) is 9.55 Å². The summed E-state index contributed by atoms with van der Waals surface area (Å²) >= 11 is 0. The lowest BCUT2D eigenvalue weighted by Gasteiger charge is -2.23. The molecule has 9 rings (SSSR count). The smallest absolute Gasteiger partial charge is 0.146 e. The lowest BCUT2D eigenvalue weighted by atomic mass is 9.80. The summed E-state index contributed by atoms with van der Waals surface area (Å²) in [6.45, 7) is -5.69. The van der Waals surface area contributed by atoms with Crippen LogP contribution in [0, 0.1) is 0 Å². The van der Waals surface area contributed by atoms with Gasteiger partial charge in [-0.1, -0.05) is 129 Å². The Morgan fingerprint density at radius 2 is 1.14 bits per heavy atom. The van der Waals surface area contributed by atoms with Gasteiger partial charge in [0.1, 0.15) is 5.82 Å². The van der Waals surface area contributed by atoms with E-state index >= 15 is 0 Å². The summed E-state index contributed by atoms with van der Waals surface area (Å²) in [6, 6.07) is 47.5. The van der Waals surface area contributed by atoms with Gasteiger partial charge in [-0.2, -0.15) is 0 Å². The monoisotopic (exact) mass is 568 g/mol. The first kappa shape index (κ1) is 19.7. The Kier molecular flexibility index (Phi) is 4.14. The number of hydrogen-bond acceptors (Lipinski definition) is 1. The predicted molar refractivity (Wildman–Crippen MR) is 185 cm³/mol. The van der Waals surface area contributed by atoms with Gasteiger partial charge in [-0.25, -0.2) is 4.98 Å². The van der Waals surface area contributed by atoms with Crippen LogP contribution in [0.25, 0.3) is 71.9 Å². The van der Waals surface area contributed by atoms with Crippen molar-refractivity contribution in [2.75, 3.05) is 0 Å². The molecule has 0 spiro atoms. The quantitative estimate of drug-likeness (QED) is 0.194. The van der Waals surface area contributed by atoms with Gasteiger partial charge in [-0.3, -0.25) is 4.57 Å². The van der Waals surface area contributed by atoms with E-state index in [-0.39, 0.29) is 0 Å². The SMILES string of the molecule is [2H]C([2H])([2H])C1(C([2H])([2H])[2H])c2ccccc2-c2ccc(-c3c4ccccc4c(-c4nc5ccccc5n4-c4ccccc4)c4ccccc34)cc21. The minimum absolute atomic E-state index is 0.305. The summed E-state index contributed by atoms with van der Waals surface area (Å²) in [5, 5.41) is 3.87. The molecule has 0 saturated heterocycles. The standard InChI is InChI=1S/C42H30N2/c1-42(2)35-21-11-10-16-29(35)30-25-24-27(26-36(30)42)39-31-17-6-8-19-33(31)40(34-20-9-7-18-32(34)39)41-43-37-22-12-13-23-38(37)44(41)28-14-4-3-5-15-28/h3-26H,1-2H3/i1D3,2D3. The molecule has 0 bridgehead atoms. The van der Waals surface area contributed by atoms with Crippen molar-refractivity contribution in [3.63, 3.8) is 0 Å². The van der Waals surface area contributed by atoms with Gasteiger partial charge in [-0.15, -0.1) is 0 Å². The van der Waals surface area contributed by atoms with E-state index in [2.05, 4.69) is 47.0 Å². The largest absolute Gasteiger partial charge is 0.292 e. The highest BCUT2D eigenvalue weighted by molar-refractivity contribution is 6.21. The first-order chi connectivity index (χ1) is 24.1. The van der Waals surface area contributed by atoms with Crippen LogP contribution in [0.5, 0.6) is 0 Å². The van der Waals surface area contributed by atoms with E-state index < -0.39 is 19.1 Å². The third kappa shape index (κ3) is 3.46. The second-order valence-corrected chi connectivity index (χ2v) is 11.5. The van der Waals surface area contributed by atoms with Crippen LogP contribution in [0.15, 0.2) is 146 Å². The van der Waals surface area contributed by atoms with Crippen molar-refractivity contribution in [2.45, 2.75) is 19.1 Å². The molecule has 0 fully saturated rings. The highest BCUT2D eigenvalue weighted by Gasteiger charge is 2.35. The maximum absolute atomic E-state index is 8.76. The number of rotatable bonds is 3. The maximum atomic E-state index is 8.76. The summed E-state index contributed by atoms with van der Waals surface area (Å²) in [7, 11) is 0. The lowest BCUT2D eigenvalue weighted by Crippen LogP contribution is -2.14. The van der Waals surface area contributed by atoms with E-state index in [9.17, 15) is 0 Å². The number of aromatic nitrogens is 2. The number of nitrogens with zero attached hydrogens (tertiary/aromatic N) is 2. The van der Waals surface area contributed by atoms with Gasteiger partial charge in [0.05, 0.1) is 11.0 Å². The van der Waals surface area contributed by atoms with E-state index in [1.165, 1.54) is 0 Å². The number of imidazole rings is 1. The third-order valence-electron chi connectivity index (χ3n) is 9.06. The van der Waals surface area contributed by atoms with E-state index in [0.29, 0.717) is 22.3 Å². The molecule has 1 aromatic heterocycles. The fourth-order valence-electron chi connectivity index (χ4n) is 7.15. The van der Waals surface area contributed by atoms with Crippen LogP contribution in [-0.4, -0.2) is 9.55 Å². The van der Waals surface area contributed by atoms with Crippen LogP contribution in [-0.2, 0) is 5.41 Å². The van der Waals surface area contributed by atoms with E-state index in [4.69, 9.17) is 13.2 Å². The Balaban J connectivity index is 1.39. The van der Waals surface area contributed by atoms with Crippen molar-refractivity contribution in [1.29, 1.82) is 0 Å². The zero-order chi connectivity index (χ0) is 34.4. The zero-order valence-corrected chi connectivity index (χ0v) is 23.8. The summed E-state index contributed by atoms with van der Waals surface area (Å²) in [6.07, 6.45) is 0. The molecular formula is C42H30N2. The molecule has 2 heteroatoms. The molecule has 0 radical (unpaired) electrons. The first-order valence-electron chi connectivity index (χ1n) is 17.8. The summed E-state index contributed by atoms with van der Waals surface area (Å²) in [5.74, 6) is 0.810. The van der Waals surface area contributed by atoms with Gasteiger partial charge in [0.25, 0.3) is 0 Å². The number of benzene rings is 7. The second kappa shape index (κ2) is 9.26. The molecule has 1 aliphatic carbocycles. The van der Waals surface area contributed by atoms with Gasteiger partial charge in [0.15, 0.2) is 0 Å². The first-order valence-corrected chi connectivity index (χ1v) is 14.8. The Morgan fingerprint density at radius 1 is 0.545 bits per heavy atom. The average molecular weight is 569 g/mol. The molecule has 0 atom stereocenters. The van der Waals surface area contributed by atoms with Crippen molar-refractivity contribution in [3.8, 4) is 39.3 Å². The van der Waals surface area contributed by atoms with Gasteiger partial charge in [-0.05, 0) is 85.3 Å². The van der Waals surface area contributed by atoms with E-state index in [0.717, 1.165) is 60.8 Å². The van der Waals surface area contributed by atoms with Gasteiger partial charge >= 0.3 is 0 Å². The minimum atomic E-state index is -2.84. The van der Waals surface area contributed by atoms with E-state index in [1.54, 1.807) is 12.1 Å². The van der Waals surface area contributed by atoms with Crippen LogP contribution >= 0.6 is 0 Å². The van der Waals surface area contributed by atoms with Crippen molar-refractivity contribution < 1.29 is 8.22 Å². The van der Waals surface area contributed by atoms with Crippen LogP contribution in [0.3, 0.4) is 0 Å². The van der Waals surface area contributed by atoms with Crippen LogP contribution in [0.4, 0.5) is 0 Å². The molecule has 0 unspecified atom stereocenters.